The average molecular weight is 299 g/mol. The zero-order valence-corrected chi connectivity index (χ0v) is 15.1. The fourth-order valence-electron chi connectivity index (χ4n) is 2.41. The molecule has 0 atom stereocenters. The predicted octanol–water partition coefficient (Wildman–Crippen LogP) is 4.15. The fraction of sp³-hybridized carbons (Fsp3) is 0.889. The Hall–Kier alpha value is -0.380. The first-order valence-electron chi connectivity index (χ1n) is 8.65. The van der Waals surface area contributed by atoms with Crippen molar-refractivity contribution in [3.8, 4) is 0 Å². The van der Waals surface area contributed by atoms with Crippen molar-refractivity contribution in [1.29, 1.82) is 0 Å². The standard InChI is InChI=1S/C18H38N2O/c1-6-7-8-9-10-11-12-13-14-15-16-21-17-18(19(2)3)20(4)5/h14-15,18H,6-13,16-17H2,1-5H3. The number of unbranched alkanes of at least 4 members (excludes halogenated alkanes) is 7. The van der Waals surface area contributed by atoms with Gasteiger partial charge in [-0.1, -0.05) is 57.6 Å². The molecule has 0 bridgehead atoms. The molecule has 0 radical (unpaired) electrons. The van der Waals surface area contributed by atoms with Crippen molar-refractivity contribution in [3.05, 3.63) is 12.2 Å². The molecule has 0 aromatic rings. The molecule has 0 saturated carbocycles. The summed E-state index contributed by atoms with van der Waals surface area (Å²) in [5.74, 6) is 0. The van der Waals surface area contributed by atoms with Gasteiger partial charge in [0.05, 0.1) is 19.4 Å². The lowest BCUT2D eigenvalue weighted by molar-refractivity contribution is 0.0280. The lowest BCUT2D eigenvalue weighted by Gasteiger charge is -2.29. The van der Waals surface area contributed by atoms with E-state index in [4.69, 9.17) is 4.74 Å². The zero-order valence-electron chi connectivity index (χ0n) is 15.1. The number of ether oxygens (including phenoxy) is 1. The van der Waals surface area contributed by atoms with E-state index in [1.165, 1.54) is 51.4 Å². The molecule has 0 amide bonds. The third-order valence-electron chi connectivity index (χ3n) is 3.81. The normalized spacial score (nSPS) is 12.4. The van der Waals surface area contributed by atoms with Gasteiger partial charge < -0.3 is 4.74 Å². The van der Waals surface area contributed by atoms with Crippen LogP contribution in [0.3, 0.4) is 0 Å². The third-order valence-corrected chi connectivity index (χ3v) is 3.81. The summed E-state index contributed by atoms with van der Waals surface area (Å²) in [6.07, 6.45) is 15.6. The number of allylic oxidation sites excluding steroid dienone is 1. The summed E-state index contributed by atoms with van der Waals surface area (Å²) in [7, 11) is 8.35. The van der Waals surface area contributed by atoms with Gasteiger partial charge in [0, 0.05) is 0 Å². The van der Waals surface area contributed by atoms with Gasteiger partial charge in [-0.05, 0) is 41.0 Å². The van der Waals surface area contributed by atoms with Crippen LogP contribution in [-0.2, 0) is 4.74 Å². The molecule has 0 spiro atoms. The minimum absolute atomic E-state index is 0.349. The van der Waals surface area contributed by atoms with E-state index in [2.05, 4.69) is 57.1 Å². The van der Waals surface area contributed by atoms with Gasteiger partial charge in [0.1, 0.15) is 0 Å². The average Bonchev–Trinajstić information content (AvgIpc) is 2.43. The van der Waals surface area contributed by atoms with Crippen molar-refractivity contribution in [2.75, 3.05) is 41.4 Å². The maximum atomic E-state index is 5.72. The lowest BCUT2D eigenvalue weighted by Crippen LogP contribution is -2.44. The van der Waals surface area contributed by atoms with Crippen LogP contribution in [0.4, 0.5) is 0 Å². The molecule has 126 valence electrons. The molecule has 21 heavy (non-hydrogen) atoms. The lowest BCUT2D eigenvalue weighted by atomic mass is 10.1. The molecule has 0 N–H and O–H groups in total. The first kappa shape index (κ1) is 20.6. The van der Waals surface area contributed by atoms with Crippen LogP contribution >= 0.6 is 0 Å². The second kappa shape index (κ2) is 14.6. The Morgan fingerprint density at radius 2 is 1.38 bits per heavy atom. The number of hydrogen-bond acceptors (Lipinski definition) is 3. The molecule has 0 rings (SSSR count). The molecule has 0 aliphatic rings. The Kier molecular flexibility index (Phi) is 14.3. The smallest absolute Gasteiger partial charge is 0.0854 e. The van der Waals surface area contributed by atoms with Crippen LogP contribution in [0.5, 0.6) is 0 Å². The maximum Gasteiger partial charge on any atom is 0.0854 e. The van der Waals surface area contributed by atoms with Crippen LogP contribution in [0.15, 0.2) is 12.2 Å². The highest BCUT2D eigenvalue weighted by molar-refractivity contribution is 4.81. The first-order chi connectivity index (χ1) is 10.1. The van der Waals surface area contributed by atoms with Gasteiger partial charge in [0.25, 0.3) is 0 Å². The van der Waals surface area contributed by atoms with Gasteiger partial charge in [0.2, 0.25) is 0 Å². The van der Waals surface area contributed by atoms with Gasteiger partial charge >= 0.3 is 0 Å². The van der Waals surface area contributed by atoms with E-state index in [-0.39, 0.29) is 0 Å². The monoisotopic (exact) mass is 298 g/mol. The molecule has 0 heterocycles. The molecule has 3 heteroatoms. The SMILES string of the molecule is CCCCCCCCCC=CCOCC(N(C)C)N(C)C. The molecule has 0 aromatic heterocycles. The van der Waals surface area contributed by atoms with Crippen molar-refractivity contribution in [2.24, 2.45) is 0 Å². The van der Waals surface area contributed by atoms with Gasteiger partial charge in [-0.2, -0.15) is 0 Å². The van der Waals surface area contributed by atoms with Crippen molar-refractivity contribution >= 4 is 0 Å². The molecular formula is C18H38N2O. The number of likely N-dealkylation sites (N-methyl/N-ethyl adjacent to an activating group) is 2. The molecule has 0 fully saturated rings. The summed E-state index contributed by atoms with van der Waals surface area (Å²) in [6, 6.07) is 0. The van der Waals surface area contributed by atoms with Crippen LogP contribution in [0, 0.1) is 0 Å². The van der Waals surface area contributed by atoms with E-state index in [1.807, 2.05) is 0 Å². The molecule has 0 unspecified atom stereocenters. The Balaban J connectivity index is 3.40. The molecule has 0 aliphatic carbocycles. The Bertz CT molecular complexity index is 231. The van der Waals surface area contributed by atoms with Crippen LogP contribution in [0.1, 0.15) is 58.3 Å². The molecule has 0 aromatic carbocycles. The minimum Gasteiger partial charge on any atom is -0.374 e. The second-order valence-electron chi connectivity index (χ2n) is 6.33. The number of hydrogen-bond donors (Lipinski definition) is 0. The van der Waals surface area contributed by atoms with Crippen molar-refractivity contribution < 1.29 is 4.74 Å². The molecule has 3 nitrogen and oxygen atoms in total. The number of nitrogens with zero attached hydrogens (tertiary/aromatic N) is 2. The van der Waals surface area contributed by atoms with Gasteiger partial charge in [-0.25, -0.2) is 0 Å². The summed E-state index contributed by atoms with van der Waals surface area (Å²) in [6.45, 7) is 3.75. The van der Waals surface area contributed by atoms with E-state index < -0.39 is 0 Å². The van der Waals surface area contributed by atoms with E-state index >= 15 is 0 Å². The summed E-state index contributed by atoms with van der Waals surface area (Å²) in [5.41, 5.74) is 0. The van der Waals surface area contributed by atoms with Crippen molar-refractivity contribution in [1.82, 2.24) is 9.80 Å². The Morgan fingerprint density at radius 3 is 1.95 bits per heavy atom. The Labute approximate surface area is 133 Å². The first-order valence-corrected chi connectivity index (χ1v) is 8.65. The Morgan fingerprint density at radius 1 is 0.810 bits per heavy atom. The second-order valence-corrected chi connectivity index (χ2v) is 6.33. The largest absolute Gasteiger partial charge is 0.374 e. The van der Waals surface area contributed by atoms with Gasteiger partial charge in [-0.3, -0.25) is 9.80 Å². The fourth-order valence-corrected chi connectivity index (χ4v) is 2.41. The van der Waals surface area contributed by atoms with Crippen LogP contribution in [0.25, 0.3) is 0 Å². The molecule has 0 saturated heterocycles. The highest BCUT2D eigenvalue weighted by Gasteiger charge is 2.12. The van der Waals surface area contributed by atoms with Gasteiger partial charge in [-0.15, -0.1) is 0 Å². The molecular weight excluding hydrogens is 260 g/mol. The quantitative estimate of drug-likeness (QED) is 0.272. The van der Waals surface area contributed by atoms with E-state index in [1.54, 1.807) is 0 Å². The van der Waals surface area contributed by atoms with Gasteiger partial charge in [0.15, 0.2) is 0 Å². The topological polar surface area (TPSA) is 15.7 Å². The highest BCUT2D eigenvalue weighted by atomic mass is 16.5. The summed E-state index contributed by atoms with van der Waals surface area (Å²) >= 11 is 0. The zero-order chi connectivity index (χ0) is 15.9. The van der Waals surface area contributed by atoms with Crippen LogP contribution in [-0.4, -0.2) is 57.4 Å². The van der Waals surface area contributed by atoms with Crippen LogP contribution in [0.2, 0.25) is 0 Å². The van der Waals surface area contributed by atoms with E-state index in [9.17, 15) is 0 Å². The highest BCUT2D eigenvalue weighted by Crippen LogP contribution is 2.08. The summed E-state index contributed by atoms with van der Waals surface area (Å²) < 4.78 is 5.72. The molecule has 0 aliphatic heterocycles. The summed E-state index contributed by atoms with van der Waals surface area (Å²) in [5, 5.41) is 0. The van der Waals surface area contributed by atoms with E-state index in [0.29, 0.717) is 6.17 Å². The predicted molar refractivity (Wildman–Crippen MR) is 93.7 cm³/mol. The number of rotatable bonds is 14. The van der Waals surface area contributed by atoms with E-state index in [0.717, 1.165) is 13.2 Å². The van der Waals surface area contributed by atoms with Crippen LogP contribution < -0.4 is 0 Å². The van der Waals surface area contributed by atoms with Crippen molar-refractivity contribution in [3.63, 3.8) is 0 Å². The maximum absolute atomic E-state index is 5.72. The summed E-state index contributed by atoms with van der Waals surface area (Å²) in [4.78, 5) is 4.37. The van der Waals surface area contributed by atoms with Crippen molar-refractivity contribution in [2.45, 2.75) is 64.5 Å². The minimum atomic E-state index is 0.349. The third kappa shape index (κ3) is 13.0.